The van der Waals surface area contributed by atoms with Crippen molar-refractivity contribution in [3.8, 4) is 0 Å². The fourth-order valence-electron chi connectivity index (χ4n) is 2.17. The van der Waals surface area contributed by atoms with Crippen LogP contribution < -0.4 is 5.73 Å². The van der Waals surface area contributed by atoms with Gasteiger partial charge in [-0.3, -0.25) is 9.69 Å². The highest BCUT2D eigenvalue weighted by atomic mass is 19.1. The van der Waals surface area contributed by atoms with E-state index in [4.69, 9.17) is 5.73 Å². The second-order valence-corrected chi connectivity index (χ2v) is 4.63. The lowest BCUT2D eigenvalue weighted by Crippen LogP contribution is -2.47. The molecule has 1 amide bonds. The van der Waals surface area contributed by atoms with Crippen molar-refractivity contribution in [2.24, 2.45) is 0 Å². The summed E-state index contributed by atoms with van der Waals surface area (Å²) in [6, 6.07) is 4.50. The second-order valence-electron chi connectivity index (χ2n) is 4.63. The standard InChI is InChI=1S/C13H18FN3O/c1-10(18)17-6-4-16(5-7-17)9-11-2-3-12(14)8-13(11)15/h2-3,8H,4-7,9,15H2,1H3. The lowest BCUT2D eigenvalue weighted by Gasteiger charge is -2.34. The van der Waals surface area contributed by atoms with E-state index in [2.05, 4.69) is 4.90 Å². The zero-order valence-electron chi connectivity index (χ0n) is 10.5. The maximum atomic E-state index is 12.9. The molecule has 0 aromatic heterocycles. The topological polar surface area (TPSA) is 49.6 Å². The van der Waals surface area contributed by atoms with E-state index in [9.17, 15) is 9.18 Å². The summed E-state index contributed by atoms with van der Waals surface area (Å²) in [5.41, 5.74) is 7.21. The number of hydrogen-bond donors (Lipinski definition) is 1. The lowest BCUT2D eigenvalue weighted by molar-refractivity contribution is -0.130. The summed E-state index contributed by atoms with van der Waals surface area (Å²) in [5.74, 6) is -0.186. The number of benzene rings is 1. The van der Waals surface area contributed by atoms with Crippen LogP contribution in [0.3, 0.4) is 0 Å². The molecule has 0 bridgehead atoms. The van der Waals surface area contributed by atoms with E-state index in [0.29, 0.717) is 12.2 Å². The van der Waals surface area contributed by atoms with E-state index in [1.54, 1.807) is 13.0 Å². The average molecular weight is 251 g/mol. The smallest absolute Gasteiger partial charge is 0.219 e. The molecule has 1 fully saturated rings. The quantitative estimate of drug-likeness (QED) is 0.800. The first-order valence-corrected chi connectivity index (χ1v) is 6.08. The molecular formula is C13H18FN3O. The minimum absolute atomic E-state index is 0.121. The van der Waals surface area contributed by atoms with Gasteiger partial charge in [-0.15, -0.1) is 0 Å². The summed E-state index contributed by atoms with van der Waals surface area (Å²) in [4.78, 5) is 15.3. The summed E-state index contributed by atoms with van der Waals surface area (Å²) in [6.07, 6.45) is 0. The van der Waals surface area contributed by atoms with Crippen LogP contribution in [0.2, 0.25) is 0 Å². The predicted molar refractivity (Wildman–Crippen MR) is 68.3 cm³/mol. The molecule has 0 atom stereocenters. The van der Waals surface area contributed by atoms with Crippen LogP contribution in [0.25, 0.3) is 0 Å². The highest BCUT2D eigenvalue weighted by Crippen LogP contribution is 2.16. The molecule has 1 heterocycles. The fraction of sp³-hybridized carbons (Fsp3) is 0.462. The van der Waals surface area contributed by atoms with Crippen LogP contribution in [0.15, 0.2) is 18.2 Å². The van der Waals surface area contributed by atoms with Crippen LogP contribution in [0.5, 0.6) is 0 Å². The van der Waals surface area contributed by atoms with Crippen LogP contribution in [-0.2, 0) is 11.3 Å². The number of rotatable bonds is 2. The molecular weight excluding hydrogens is 233 g/mol. The van der Waals surface area contributed by atoms with Gasteiger partial charge in [-0.25, -0.2) is 4.39 Å². The molecule has 4 nitrogen and oxygen atoms in total. The molecule has 1 aliphatic rings. The molecule has 18 heavy (non-hydrogen) atoms. The summed E-state index contributed by atoms with van der Waals surface area (Å²) >= 11 is 0. The molecule has 2 N–H and O–H groups in total. The van der Waals surface area contributed by atoms with Gasteiger partial charge in [0.25, 0.3) is 0 Å². The number of nitrogens with zero attached hydrogens (tertiary/aromatic N) is 2. The van der Waals surface area contributed by atoms with Crippen LogP contribution in [0.4, 0.5) is 10.1 Å². The number of anilines is 1. The van der Waals surface area contributed by atoms with Gasteiger partial charge in [0.1, 0.15) is 5.82 Å². The van der Waals surface area contributed by atoms with E-state index in [0.717, 1.165) is 31.7 Å². The monoisotopic (exact) mass is 251 g/mol. The summed E-state index contributed by atoms with van der Waals surface area (Å²) in [7, 11) is 0. The minimum Gasteiger partial charge on any atom is -0.398 e. The van der Waals surface area contributed by atoms with Gasteiger partial charge in [0.15, 0.2) is 0 Å². The van der Waals surface area contributed by atoms with Crippen molar-refractivity contribution >= 4 is 11.6 Å². The highest BCUT2D eigenvalue weighted by Gasteiger charge is 2.18. The van der Waals surface area contributed by atoms with Crippen molar-refractivity contribution in [3.63, 3.8) is 0 Å². The first-order valence-electron chi connectivity index (χ1n) is 6.08. The van der Waals surface area contributed by atoms with E-state index in [1.807, 2.05) is 4.90 Å². The predicted octanol–water partition coefficient (Wildman–Crippen LogP) is 1.07. The Labute approximate surface area is 106 Å². The second kappa shape index (κ2) is 5.35. The normalized spacial score (nSPS) is 16.9. The van der Waals surface area contributed by atoms with Gasteiger partial charge >= 0.3 is 0 Å². The Kier molecular flexibility index (Phi) is 3.81. The molecule has 0 unspecified atom stereocenters. The van der Waals surface area contributed by atoms with E-state index >= 15 is 0 Å². The van der Waals surface area contributed by atoms with E-state index in [1.165, 1.54) is 12.1 Å². The Morgan fingerprint density at radius 1 is 1.33 bits per heavy atom. The fourth-order valence-corrected chi connectivity index (χ4v) is 2.17. The van der Waals surface area contributed by atoms with Crippen LogP contribution in [-0.4, -0.2) is 41.9 Å². The molecule has 1 aromatic carbocycles. The van der Waals surface area contributed by atoms with Gasteiger partial charge in [-0.2, -0.15) is 0 Å². The molecule has 0 spiro atoms. The minimum atomic E-state index is -0.308. The first kappa shape index (κ1) is 12.8. The zero-order chi connectivity index (χ0) is 13.1. The number of nitrogen functional groups attached to an aromatic ring is 1. The molecule has 1 saturated heterocycles. The van der Waals surface area contributed by atoms with Crippen LogP contribution in [0, 0.1) is 5.82 Å². The number of carbonyl (C=O) groups is 1. The lowest BCUT2D eigenvalue weighted by atomic mass is 10.1. The third kappa shape index (κ3) is 2.98. The first-order chi connectivity index (χ1) is 8.56. The summed E-state index contributed by atoms with van der Waals surface area (Å²) < 4.78 is 12.9. The van der Waals surface area contributed by atoms with Gasteiger partial charge in [-0.1, -0.05) is 6.07 Å². The summed E-state index contributed by atoms with van der Waals surface area (Å²) in [6.45, 7) is 5.45. The Bertz CT molecular complexity index is 442. The summed E-state index contributed by atoms with van der Waals surface area (Å²) in [5, 5.41) is 0. The van der Waals surface area contributed by atoms with Gasteiger partial charge in [0.05, 0.1) is 0 Å². The number of amides is 1. The number of halogens is 1. The number of piperazine rings is 1. The SMILES string of the molecule is CC(=O)N1CCN(Cc2ccc(F)cc2N)CC1. The molecule has 0 aliphatic carbocycles. The third-order valence-electron chi connectivity index (χ3n) is 3.32. The molecule has 0 radical (unpaired) electrons. The van der Waals surface area contributed by atoms with Crippen molar-refractivity contribution in [1.29, 1.82) is 0 Å². The van der Waals surface area contributed by atoms with Crippen molar-refractivity contribution in [1.82, 2.24) is 9.80 Å². The number of hydrogen-bond acceptors (Lipinski definition) is 3. The Morgan fingerprint density at radius 3 is 2.56 bits per heavy atom. The van der Waals surface area contributed by atoms with E-state index in [-0.39, 0.29) is 11.7 Å². The Hall–Kier alpha value is -1.62. The van der Waals surface area contributed by atoms with Crippen molar-refractivity contribution in [3.05, 3.63) is 29.6 Å². The molecule has 0 saturated carbocycles. The van der Waals surface area contributed by atoms with Crippen molar-refractivity contribution in [2.75, 3.05) is 31.9 Å². The molecule has 5 heteroatoms. The largest absolute Gasteiger partial charge is 0.398 e. The van der Waals surface area contributed by atoms with Crippen LogP contribution >= 0.6 is 0 Å². The Morgan fingerprint density at radius 2 is 2.00 bits per heavy atom. The van der Waals surface area contributed by atoms with Crippen molar-refractivity contribution in [2.45, 2.75) is 13.5 Å². The maximum Gasteiger partial charge on any atom is 0.219 e. The Balaban J connectivity index is 1.93. The van der Waals surface area contributed by atoms with Gasteiger partial charge < -0.3 is 10.6 Å². The van der Waals surface area contributed by atoms with Gasteiger partial charge in [0, 0.05) is 45.3 Å². The zero-order valence-corrected chi connectivity index (χ0v) is 10.5. The maximum absolute atomic E-state index is 12.9. The van der Waals surface area contributed by atoms with E-state index < -0.39 is 0 Å². The molecule has 98 valence electrons. The van der Waals surface area contributed by atoms with Crippen LogP contribution in [0.1, 0.15) is 12.5 Å². The number of nitrogens with two attached hydrogens (primary N) is 1. The number of carbonyl (C=O) groups excluding carboxylic acids is 1. The highest BCUT2D eigenvalue weighted by molar-refractivity contribution is 5.73. The molecule has 1 aliphatic heterocycles. The van der Waals surface area contributed by atoms with Gasteiger partial charge in [-0.05, 0) is 17.7 Å². The molecule has 1 aromatic rings. The van der Waals surface area contributed by atoms with Gasteiger partial charge in [0.2, 0.25) is 5.91 Å². The molecule has 2 rings (SSSR count). The third-order valence-corrected chi connectivity index (χ3v) is 3.32. The van der Waals surface area contributed by atoms with Crippen molar-refractivity contribution < 1.29 is 9.18 Å². The average Bonchev–Trinajstić information content (AvgIpc) is 2.33.